The van der Waals surface area contributed by atoms with E-state index in [4.69, 9.17) is 32.9 Å². The molecule has 0 aromatic heterocycles. The number of carboxylic acids is 1. The van der Waals surface area contributed by atoms with Gasteiger partial charge in [0.25, 0.3) is 10.1 Å². The number of carbonyl (C=O) groups is 1. The van der Waals surface area contributed by atoms with Crippen molar-refractivity contribution in [3.63, 3.8) is 0 Å². The first-order chi connectivity index (χ1) is 6.73. The first-order valence-corrected chi connectivity index (χ1v) is 5.63. The van der Waals surface area contributed by atoms with Gasteiger partial charge in [-0.25, -0.2) is 4.79 Å². The fourth-order valence-electron chi connectivity index (χ4n) is 0.890. The number of hydrogen-bond acceptors (Lipinski definition) is 3. The van der Waals surface area contributed by atoms with E-state index >= 15 is 0 Å². The van der Waals surface area contributed by atoms with Crippen molar-refractivity contribution in [2.24, 2.45) is 0 Å². The van der Waals surface area contributed by atoms with E-state index in [9.17, 15) is 13.2 Å². The van der Waals surface area contributed by atoms with Gasteiger partial charge in [-0.1, -0.05) is 23.2 Å². The molecule has 2 N–H and O–H groups in total. The number of aromatic carboxylic acids is 1. The minimum Gasteiger partial charge on any atom is -0.478 e. The molecule has 8 heteroatoms. The Morgan fingerprint density at radius 1 is 1.20 bits per heavy atom. The molecule has 0 aliphatic rings. The monoisotopic (exact) mass is 270 g/mol. The number of benzene rings is 1. The standard InChI is InChI=1S/C7H4Cl2O5S/c8-4-2-6(15(12,13)14)5(9)1-3(4)7(10)11/h1-2H,(H,10,11)(H,12,13,14). The van der Waals surface area contributed by atoms with Gasteiger partial charge < -0.3 is 5.11 Å². The second kappa shape index (κ2) is 3.97. The predicted molar refractivity (Wildman–Crippen MR) is 53.2 cm³/mol. The highest BCUT2D eigenvalue weighted by molar-refractivity contribution is 7.86. The molecule has 1 aromatic rings. The molecule has 0 saturated heterocycles. The van der Waals surface area contributed by atoms with E-state index < -0.39 is 26.0 Å². The van der Waals surface area contributed by atoms with Gasteiger partial charge in [-0.15, -0.1) is 0 Å². The van der Waals surface area contributed by atoms with E-state index in [1.165, 1.54) is 0 Å². The summed E-state index contributed by atoms with van der Waals surface area (Å²) < 4.78 is 30.2. The highest BCUT2D eigenvalue weighted by Gasteiger charge is 2.19. The molecule has 5 nitrogen and oxygen atoms in total. The second-order valence-corrected chi connectivity index (χ2v) is 4.75. The van der Waals surface area contributed by atoms with Crippen molar-refractivity contribution in [3.05, 3.63) is 27.7 Å². The molecule has 1 aromatic carbocycles. The molecular weight excluding hydrogens is 267 g/mol. The zero-order valence-electron chi connectivity index (χ0n) is 6.94. The van der Waals surface area contributed by atoms with Crippen LogP contribution in [0.5, 0.6) is 0 Å². The summed E-state index contributed by atoms with van der Waals surface area (Å²) in [6.07, 6.45) is 0. The van der Waals surface area contributed by atoms with Gasteiger partial charge in [0, 0.05) is 0 Å². The molecule has 0 heterocycles. The Hall–Kier alpha value is -0.820. The Labute approximate surface area is 95.0 Å². The van der Waals surface area contributed by atoms with Crippen molar-refractivity contribution >= 4 is 39.3 Å². The number of hydrogen-bond donors (Lipinski definition) is 2. The molecule has 0 aliphatic carbocycles. The third-order valence-corrected chi connectivity index (χ3v) is 3.16. The SMILES string of the molecule is O=C(O)c1cc(Cl)c(S(=O)(=O)O)cc1Cl. The molecule has 0 radical (unpaired) electrons. The summed E-state index contributed by atoms with van der Waals surface area (Å²) in [5.74, 6) is -1.34. The third kappa shape index (κ3) is 2.60. The molecule has 0 amide bonds. The van der Waals surface area contributed by atoms with E-state index in [-0.39, 0.29) is 10.6 Å². The molecule has 15 heavy (non-hydrogen) atoms. The van der Waals surface area contributed by atoms with Crippen LogP contribution in [0.15, 0.2) is 17.0 Å². The van der Waals surface area contributed by atoms with Crippen LogP contribution in [0.4, 0.5) is 0 Å². The van der Waals surface area contributed by atoms with E-state index in [0.717, 1.165) is 12.1 Å². The summed E-state index contributed by atoms with van der Waals surface area (Å²) in [5.41, 5.74) is -0.339. The van der Waals surface area contributed by atoms with Gasteiger partial charge in [-0.05, 0) is 12.1 Å². The topological polar surface area (TPSA) is 91.7 Å². The van der Waals surface area contributed by atoms with Gasteiger partial charge in [-0.3, -0.25) is 4.55 Å². The van der Waals surface area contributed by atoms with Crippen LogP contribution >= 0.6 is 23.2 Å². The molecule has 0 atom stereocenters. The summed E-state index contributed by atoms with van der Waals surface area (Å²) in [6, 6.07) is 1.64. The Bertz CT molecular complexity index is 522. The molecule has 0 bridgehead atoms. The average molecular weight is 271 g/mol. The van der Waals surface area contributed by atoms with Gasteiger partial charge in [0.15, 0.2) is 0 Å². The van der Waals surface area contributed by atoms with Crippen LogP contribution in [0.3, 0.4) is 0 Å². The zero-order chi connectivity index (χ0) is 11.8. The molecule has 1 rings (SSSR count). The van der Waals surface area contributed by atoms with Crippen LogP contribution < -0.4 is 0 Å². The van der Waals surface area contributed by atoms with Crippen LogP contribution in [0.1, 0.15) is 10.4 Å². The van der Waals surface area contributed by atoms with Crippen LogP contribution in [-0.2, 0) is 10.1 Å². The maximum atomic E-state index is 10.8. The lowest BCUT2D eigenvalue weighted by molar-refractivity contribution is 0.0697. The Kier molecular flexibility index (Phi) is 3.25. The van der Waals surface area contributed by atoms with Crippen LogP contribution in [0, 0.1) is 0 Å². The van der Waals surface area contributed by atoms with Crippen molar-refractivity contribution in [1.82, 2.24) is 0 Å². The first kappa shape index (κ1) is 12.3. The highest BCUT2D eigenvalue weighted by Crippen LogP contribution is 2.28. The summed E-state index contributed by atoms with van der Waals surface area (Å²) >= 11 is 11.0. The minimum atomic E-state index is -4.51. The van der Waals surface area contributed by atoms with E-state index in [0.29, 0.717) is 0 Å². The molecule has 0 unspecified atom stereocenters. The van der Waals surface area contributed by atoms with Gasteiger partial charge in [-0.2, -0.15) is 8.42 Å². The lowest BCUT2D eigenvalue weighted by Crippen LogP contribution is -2.03. The van der Waals surface area contributed by atoms with Crippen LogP contribution in [-0.4, -0.2) is 24.0 Å². The van der Waals surface area contributed by atoms with Crippen molar-refractivity contribution in [2.45, 2.75) is 4.90 Å². The lowest BCUT2D eigenvalue weighted by atomic mass is 10.2. The van der Waals surface area contributed by atoms with Crippen LogP contribution in [0.2, 0.25) is 10.0 Å². The van der Waals surface area contributed by atoms with Crippen molar-refractivity contribution in [3.8, 4) is 0 Å². The lowest BCUT2D eigenvalue weighted by Gasteiger charge is -2.04. The van der Waals surface area contributed by atoms with Gasteiger partial charge >= 0.3 is 5.97 Å². The van der Waals surface area contributed by atoms with Gasteiger partial charge in [0.2, 0.25) is 0 Å². The van der Waals surface area contributed by atoms with E-state index in [1.807, 2.05) is 0 Å². The Morgan fingerprint density at radius 2 is 1.73 bits per heavy atom. The zero-order valence-corrected chi connectivity index (χ0v) is 9.27. The largest absolute Gasteiger partial charge is 0.478 e. The fourth-order valence-corrected chi connectivity index (χ4v) is 2.23. The summed E-state index contributed by atoms with van der Waals surface area (Å²) in [6.45, 7) is 0. The molecule has 0 fully saturated rings. The molecule has 0 saturated carbocycles. The number of carboxylic acid groups (broad SMARTS) is 1. The minimum absolute atomic E-state index is 0.320. The quantitative estimate of drug-likeness (QED) is 0.802. The fraction of sp³-hybridized carbons (Fsp3) is 0. The predicted octanol–water partition coefficient (Wildman–Crippen LogP) is 1.94. The normalized spacial score (nSPS) is 11.4. The van der Waals surface area contributed by atoms with Gasteiger partial charge in [0.1, 0.15) is 4.90 Å². The number of rotatable bonds is 2. The van der Waals surface area contributed by atoms with Crippen molar-refractivity contribution < 1.29 is 22.9 Å². The summed E-state index contributed by atoms with van der Waals surface area (Å²) in [7, 11) is -4.51. The first-order valence-electron chi connectivity index (χ1n) is 3.43. The van der Waals surface area contributed by atoms with E-state index in [1.54, 1.807) is 0 Å². The van der Waals surface area contributed by atoms with Crippen molar-refractivity contribution in [2.75, 3.05) is 0 Å². The average Bonchev–Trinajstić information content (AvgIpc) is 2.06. The molecule has 0 spiro atoms. The Morgan fingerprint density at radius 3 is 2.13 bits per heavy atom. The van der Waals surface area contributed by atoms with Crippen molar-refractivity contribution in [1.29, 1.82) is 0 Å². The number of halogens is 2. The van der Waals surface area contributed by atoms with Gasteiger partial charge in [0.05, 0.1) is 15.6 Å². The molecule has 82 valence electrons. The molecular formula is C7H4Cl2O5S. The Balaban J connectivity index is 3.52. The van der Waals surface area contributed by atoms with E-state index in [2.05, 4.69) is 0 Å². The second-order valence-electron chi connectivity index (χ2n) is 2.54. The summed E-state index contributed by atoms with van der Waals surface area (Å²) in [4.78, 5) is 9.95. The third-order valence-electron chi connectivity index (χ3n) is 1.53. The smallest absolute Gasteiger partial charge is 0.337 e. The maximum absolute atomic E-state index is 10.8. The summed E-state index contributed by atoms with van der Waals surface area (Å²) in [5, 5.41) is 7.91. The van der Waals surface area contributed by atoms with Crippen LogP contribution in [0.25, 0.3) is 0 Å². The maximum Gasteiger partial charge on any atom is 0.337 e. The highest BCUT2D eigenvalue weighted by atomic mass is 35.5. The molecule has 0 aliphatic heterocycles.